The number of likely N-dealkylation sites (tertiary alicyclic amines) is 1. The molecule has 34 heavy (non-hydrogen) atoms. The molecule has 4 rings (SSSR count). The normalized spacial score (nSPS) is 13.7. The zero-order valence-corrected chi connectivity index (χ0v) is 20.9. The fourth-order valence-corrected chi connectivity index (χ4v) is 9.34. The molecule has 0 saturated carbocycles. The molecule has 1 amide bonds. The van der Waals surface area contributed by atoms with Crippen LogP contribution in [0.3, 0.4) is 0 Å². The topological polar surface area (TPSA) is 46.6 Å². The average molecular weight is 490 g/mol. The molecule has 0 N–H and O–H groups in total. The highest BCUT2D eigenvalue weighted by Gasteiger charge is 2.35. The van der Waals surface area contributed by atoms with Crippen LogP contribution in [0, 0.1) is 0 Å². The molecule has 1 saturated heterocycles. The molecule has 3 aromatic rings. The minimum Gasteiger partial charge on any atom is -0.463 e. The Kier molecular flexibility index (Phi) is 7.77. The summed E-state index contributed by atoms with van der Waals surface area (Å²) in [5.74, 6) is -0.291. The van der Waals surface area contributed by atoms with Gasteiger partial charge < -0.3 is 9.64 Å². The maximum atomic E-state index is 13.7. The molecule has 4 nitrogen and oxygen atoms in total. The highest BCUT2D eigenvalue weighted by molar-refractivity contribution is 7.96. The van der Waals surface area contributed by atoms with Crippen molar-refractivity contribution in [3.05, 3.63) is 91.0 Å². The van der Waals surface area contributed by atoms with E-state index in [0.717, 1.165) is 15.9 Å². The fourth-order valence-electron chi connectivity index (χ4n) is 4.58. The van der Waals surface area contributed by atoms with Crippen molar-refractivity contribution in [2.75, 3.05) is 13.2 Å². The molecule has 0 aliphatic carbocycles. The van der Waals surface area contributed by atoms with Gasteiger partial charge in [-0.05, 0) is 36.1 Å². The number of esters is 1. The Balaban J connectivity index is 2.06. The molecule has 0 spiro atoms. The highest BCUT2D eigenvalue weighted by Crippen LogP contribution is 2.47. The number of thiocarbonyl (C=S) groups is 1. The Morgan fingerprint density at radius 2 is 1.32 bits per heavy atom. The van der Waals surface area contributed by atoms with E-state index >= 15 is 0 Å². The largest absolute Gasteiger partial charge is 0.463 e. The van der Waals surface area contributed by atoms with Gasteiger partial charge in [-0.25, -0.2) is 4.79 Å². The third-order valence-electron chi connectivity index (χ3n) is 6.07. The van der Waals surface area contributed by atoms with Gasteiger partial charge in [-0.1, -0.05) is 103 Å². The third-order valence-corrected chi connectivity index (χ3v) is 10.9. The van der Waals surface area contributed by atoms with Crippen LogP contribution in [-0.4, -0.2) is 40.2 Å². The Morgan fingerprint density at radius 3 is 1.71 bits per heavy atom. The molecular weight excluding hydrogens is 461 g/mol. The Labute approximate surface area is 206 Å². The second kappa shape index (κ2) is 10.9. The van der Waals surface area contributed by atoms with E-state index < -0.39 is 6.89 Å². The summed E-state index contributed by atoms with van der Waals surface area (Å²) in [6, 6.07) is 30.6. The zero-order chi connectivity index (χ0) is 24.0. The van der Waals surface area contributed by atoms with Gasteiger partial charge in [-0.3, -0.25) is 4.79 Å². The number of carbonyl (C=O) groups is 2. The van der Waals surface area contributed by atoms with E-state index in [0.29, 0.717) is 36.1 Å². The van der Waals surface area contributed by atoms with Gasteiger partial charge in [0.15, 0.2) is 0 Å². The maximum Gasteiger partial charge on any atom is 0.335 e. The molecule has 0 aromatic heterocycles. The summed E-state index contributed by atoms with van der Waals surface area (Å²) in [6.45, 7) is -0.108. The van der Waals surface area contributed by atoms with Gasteiger partial charge >= 0.3 is 5.97 Å². The van der Waals surface area contributed by atoms with Crippen LogP contribution in [0.15, 0.2) is 91.0 Å². The molecule has 174 valence electrons. The molecule has 1 heterocycles. The minimum absolute atomic E-state index is 0.0243. The zero-order valence-electron chi connectivity index (χ0n) is 19.2. The Bertz CT molecular complexity index is 1110. The summed E-state index contributed by atoms with van der Waals surface area (Å²) >= 11 is 5.45. The first-order valence-corrected chi connectivity index (χ1v) is 13.7. The second-order valence-electron chi connectivity index (χ2n) is 8.03. The molecule has 1 aliphatic heterocycles. The first kappa shape index (κ1) is 24.1. The van der Waals surface area contributed by atoms with Crippen molar-refractivity contribution >= 4 is 57.2 Å². The predicted octanol–water partition coefficient (Wildman–Crippen LogP) is 4.06. The van der Waals surface area contributed by atoms with Crippen molar-refractivity contribution < 1.29 is 14.3 Å². The van der Waals surface area contributed by atoms with Gasteiger partial charge in [0, 0.05) is 24.7 Å². The molecule has 0 atom stereocenters. The molecule has 0 bridgehead atoms. The van der Waals surface area contributed by atoms with Crippen molar-refractivity contribution in [3.63, 3.8) is 0 Å². The monoisotopic (exact) mass is 489 g/mol. The number of nitrogens with zero attached hydrogens (tertiary/aromatic N) is 1. The van der Waals surface area contributed by atoms with Crippen LogP contribution in [0.1, 0.15) is 26.2 Å². The summed E-state index contributed by atoms with van der Waals surface area (Å²) in [7, 11) is 0. The van der Waals surface area contributed by atoms with Gasteiger partial charge in [0.05, 0.1) is 11.6 Å². The van der Waals surface area contributed by atoms with Gasteiger partial charge in [0.2, 0.25) is 5.91 Å². The van der Waals surface area contributed by atoms with E-state index in [1.54, 1.807) is 4.90 Å². The van der Waals surface area contributed by atoms with E-state index in [2.05, 4.69) is 36.4 Å². The molecule has 1 aliphatic rings. The fraction of sp³-hybridized carbons (Fsp3) is 0.214. The van der Waals surface area contributed by atoms with Crippen molar-refractivity contribution in [1.82, 2.24) is 4.90 Å². The molecule has 0 unspecified atom stereocenters. The highest BCUT2D eigenvalue weighted by atomic mass is 32.1. The predicted molar refractivity (Wildman–Crippen MR) is 145 cm³/mol. The smallest absolute Gasteiger partial charge is 0.335 e. The van der Waals surface area contributed by atoms with E-state index in [1.165, 1.54) is 0 Å². The lowest BCUT2D eigenvalue weighted by Crippen LogP contribution is -2.37. The Morgan fingerprint density at radius 1 is 0.853 bits per heavy atom. The minimum atomic E-state index is -2.58. The molecule has 0 radical (unpaired) electrons. The first-order chi connectivity index (χ1) is 16.6. The summed E-state index contributed by atoms with van der Waals surface area (Å²) in [5.41, 5.74) is 0. The quantitative estimate of drug-likeness (QED) is 0.272. The van der Waals surface area contributed by atoms with E-state index in [1.807, 2.05) is 61.5 Å². The number of hydrogen-bond donors (Lipinski definition) is 0. The van der Waals surface area contributed by atoms with Gasteiger partial charge in [0.1, 0.15) is 0 Å². The van der Waals surface area contributed by atoms with Crippen LogP contribution in [0.5, 0.6) is 0 Å². The van der Waals surface area contributed by atoms with E-state index in [-0.39, 0.29) is 18.5 Å². The van der Waals surface area contributed by atoms with Crippen LogP contribution in [0.2, 0.25) is 0 Å². The first-order valence-electron chi connectivity index (χ1n) is 11.5. The second-order valence-corrected chi connectivity index (χ2v) is 11.9. The maximum absolute atomic E-state index is 13.7. The molecule has 3 aromatic carbocycles. The van der Waals surface area contributed by atoms with E-state index in [4.69, 9.17) is 17.0 Å². The lowest BCUT2D eigenvalue weighted by Gasteiger charge is -2.32. The van der Waals surface area contributed by atoms with Crippen LogP contribution in [0.25, 0.3) is 0 Å². The van der Waals surface area contributed by atoms with Gasteiger partial charge in [0.25, 0.3) is 0 Å². The Hall–Kier alpha value is -3.01. The lowest BCUT2D eigenvalue weighted by molar-refractivity contribution is -0.135. The summed E-state index contributed by atoms with van der Waals surface area (Å²) in [5, 5.41) is 3.92. The van der Waals surface area contributed by atoms with Crippen molar-refractivity contribution in [2.24, 2.45) is 0 Å². The number of benzene rings is 3. The average Bonchev–Trinajstić information content (AvgIpc) is 3.20. The van der Waals surface area contributed by atoms with Crippen LogP contribution in [0.4, 0.5) is 0 Å². The number of amides is 1. The van der Waals surface area contributed by atoms with Crippen LogP contribution in [-0.2, 0) is 14.3 Å². The molecular formula is C28H28NO3PS. The van der Waals surface area contributed by atoms with Crippen LogP contribution >= 0.6 is 19.1 Å². The van der Waals surface area contributed by atoms with Crippen molar-refractivity contribution in [1.29, 1.82) is 0 Å². The van der Waals surface area contributed by atoms with Crippen LogP contribution < -0.4 is 15.9 Å². The standard InChI is InChI=1S/C28H28NO3PS/c1-2-32-28(31)25(20-21-29-26(30)18-19-27(29)34)33(22-12-6-3-7-13-22,23-14-8-4-9-15-23)24-16-10-5-11-17-24/h3-17H,2,18-21H2,1H3. The van der Waals surface area contributed by atoms with Crippen molar-refractivity contribution in [2.45, 2.75) is 26.2 Å². The number of hydrogen-bond acceptors (Lipinski definition) is 4. The van der Waals surface area contributed by atoms with Crippen molar-refractivity contribution in [3.8, 4) is 0 Å². The number of carbonyl (C=O) groups excluding carboxylic acids is 2. The molecule has 6 heteroatoms. The number of rotatable bonds is 8. The lowest BCUT2D eigenvalue weighted by atomic mass is 10.3. The SMILES string of the molecule is CCOC(=O)C(CCN1C(=O)CCC1=S)=P(c1ccccc1)(c1ccccc1)c1ccccc1. The summed E-state index contributed by atoms with van der Waals surface area (Å²) < 4.78 is 5.66. The van der Waals surface area contributed by atoms with E-state index in [9.17, 15) is 9.59 Å². The summed E-state index contributed by atoms with van der Waals surface area (Å²) in [6.07, 6.45) is 1.42. The number of ether oxygens (including phenoxy) is 1. The third kappa shape index (κ3) is 4.64. The summed E-state index contributed by atoms with van der Waals surface area (Å²) in [4.78, 5) is 28.5. The van der Waals surface area contributed by atoms with Gasteiger partial charge in [-0.2, -0.15) is 0 Å². The van der Waals surface area contributed by atoms with Gasteiger partial charge in [-0.15, -0.1) is 0 Å². The molecule has 1 fully saturated rings.